The van der Waals surface area contributed by atoms with E-state index in [0.717, 1.165) is 5.56 Å². The molecule has 20 heavy (non-hydrogen) atoms. The molecule has 0 unspecified atom stereocenters. The fourth-order valence-corrected chi connectivity index (χ4v) is 1.68. The van der Waals surface area contributed by atoms with Crippen molar-refractivity contribution in [3.05, 3.63) is 35.4 Å². The predicted molar refractivity (Wildman–Crippen MR) is 75.8 cm³/mol. The van der Waals surface area contributed by atoms with Crippen LogP contribution >= 0.6 is 0 Å². The van der Waals surface area contributed by atoms with E-state index in [-0.39, 0.29) is 30.8 Å². The summed E-state index contributed by atoms with van der Waals surface area (Å²) in [5, 5.41) is 11.4. The second-order valence-electron chi connectivity index (χ2n) is 4.96. The van der Waals surface area contributed by atoms with E-state index in [4.69, 9.17) is 5.26 Å². The Kier molecular flexibility index (Phi) is 5.73. The average Bonchev–Trinajstić information content (AvgIpc) is 2.38. The molecule has 1 aromatic rings. The highest BCUT2D eigenvalue weighted by molar-refractivity contribution is 5.85. The molecule has 5 nitrogen and oxygen atoms in total. The van der Waals surface area contributed by atoms with Gasteiger partial charge in [-0.15, -0.1) is 0 Å². The third-order valence-electron chi connectivity index (χ3n) is 2.69. The number of benzene rings is 1. The van der Waals surface area contributed by atoms with Gasteiger partial charge in [0, 0.05) is 13.1 Å². The van der Waals surface area contributed by atoms with E-state index in [0.29, 0.717) is 5.56 Å². The maximum absolute atomic E-state index is 12.0. The van der Waals surface area contributed by atoms with Crippen molar-refractivity contribution >= 4 is 11.8 Å². The Morgan fingerprint density at radius 2 is 1.90 bits per heavy atom. The van der Waals surface area contributed by atoms with Gasteiger partial charge in [0.15, 0.2) is 0 Å². The Morgan fingerprint density at radius 1 is 1.30 bits per heavy atom. The lowest BCUT2D eigenvalue weighted by atomic mass is 10.1. The molecule has 0 aliphatic heterocycles. The van der Waals surface area contributed by atoms with Crippen LogP contribution in [0.1, 0.15) is 25.0 Å². The fraction of sp³-hybridized carbons (Fsp3) is 0.400. The van der Waals surface area contributed by atoms with E-state index in [2.05, 4.69) is 5.32 Å². The number of likely N-dealkylation sites (N-methyl/N-ethyl adjacent to an activating group) is 1. The Labute approximate surface area is 119 Å². The van der Waals surface area contributed by atoms with Crippen LogP contribution in [0, 0.1) is 11.3 Å². The average molecular weight is 273 g/mol. The van der Waals surface area contributed by atoms with E-state index >= 15 is 0 Å². The second kappa shape index (κ2) is 7.29. The minimum atomic E-state index is -0.171. The molecule has 0 atom stereocenters. The van der Waals surface area contributed by atoms with Crippen LogP contribution in [-0.4, -0.2) is 36.3 Å². The minimum Gasteiger partial charge on any atom is -0.352 e. The first-order valence-corrected chi connectivity index (χ1v) is 6.44. The number of hydrogen-bond donors (Lipinski definition) is 1. The highest BCUT2D eigenvalue weighted by Crippen LogP contribution is 2.05. The maximum atomic E-state index is 12.0. The summed E-state index contributed by atoms with van der Waals surface area (Å²) in [6, 6.07) is 8.93. The number of carbonyl (C=O) groups is 2. The summed E-state index contributed by atoms with van der Waals surface area (Å²) in [5.74, 6) is -0.302. The molecule has 0 radical (unpaired) electrons. The molecule has 2 amide bonds. The zero-order chi connectivity index (χ0) is 15.1. The van der Waals surface area contributed by atoms with Gasteiger partial charge in [0.05, 0.1) is 24.6 Å². The van der Waals surface area contributed by atoms with Gasteiger partial charge in [0.2, 0.25) is 11.8 Å². The smallest absolute Gasteiger partial charge is 0.239 e. The summed E-state index contributed by atoms with van der Waals surface area (Å²) in [5.41, 5.74) is 1.39. The van der Waals surface area contributed by atoms with Crippen molar-refractivity contribution in [1.29, 1.82) is 5.26 Å². The molecule has 1 aromatic carbocycles. The molecule has 0 spiro atoms. The summed E-state index contributed by atoms with van der Waals surface area (Å²) in [6.45, 7) is 3.79. The van der Waals surface area contributed by atoms with Crippen molar-refractivity contribution in [3.63, 3.8) is 0 Å². The Morgan fingerprint density at radius 3 is 2.40 bits per heavy atom. The monoisotopic (exact) mass is 273 g/mol. The first-order valence-electron chi connectivity index (χ1n) is 6.44. The zero-order valence-electron chi connectivity index (χ0n) is 12.0. The summed E-state index contributed by atoms with van der Waals surface area (Å²) >= 11 is 0. The lowest BCUT2D eigenvalue weighted by Crippen LogP contribution is -2.41. The number of nitrogens with zero attached hydrogens (tertiary/aromatic N) is 2. The van der Waals surface area contributed by atoms with Crippen molar-refractivity contribution < 1.29 is 9.59 Å². The van der Waals surface area contributed by atoms with Gasteiger partial charge >= 0.3 is 0 Å². The van der Waals surface area contributed by atoms with Crippen molar-refractivity contribution in [2.45, 2.75) is 26.3 Å². The molecule has 5 heteroatoms. The van der Waals surface area contributed by atoms with Gasteiger partial charge < -0.3 is 10.2 Å². The highest BCUT2D eigenvalue weighted by atomic mass is 16.2. The number of nitrogens with one attached hydrogen (secondary N) is 1. The first kappa shape index (κ1) is 15.7. The van der Waals surface area contributed by atoms with Gasteiger partial charge in [-0.2, -0.15) is 5.26 Å². The van der Waals surface area contributed by atoms with Crippen LogP contribution in [0.3, 0.4) is 0 Å². The summed E-state index contributed by atoms with van der Waals surface area (Å²) in [4.78, 5) is 24.9. The molecule has 0 saturated heterocycles. The third kappa shape index (κ3) is 5.11. The van der Waals surface area contributed by atoms with Crippen LogP contribution in [0.25, 0.3) is 0 Å². The van der Waals surface area contributed by atoms with Crippen molar-refractivity contribution in [3.8, 4) is 6.07 Å². The molecule has 0 aliphatic rings. The third-order valence-corrected chi connectivity index (χ3v) is 2.69. The highest BCUT2D eigenvalue weighted by Gasteiger charge is 2.13. The number of rotatable bonds is 5. The second-order valence-corrected chi connectivity index (χ2v) is 4.96. The number of carbonyl (C=O) groups excluding carboxylic acids is 2. The van der Waals surface area contributed by atoms with Gasteiger partial charge in [-0.05, 0) is 31.5 Å². The molecule has 0 saturated carbocycles. The Bertz CT molecular complexity index is 515. The molecular weight excluding hydrogens is 254 g/mol. The van der Waals surface area contributed by atoms with Crippen LogP contribution in [0.4, 0.5) is 0 Å². The van der Waals surface area contributed by atoms with Crippen molar-refractivity contribution in [2.75, 3.05) is 13.6 Å². The van der Waals surface area contributed by atoms with Crippen molar-refractivity contribution in [1.82, 2.24) is 10.2 Å². The van der Waals surface area contributed by atoms with Crippen molar-refractivity contribution in [2.24, 2.45) is 0 Å². The van der Waals surface area contributed by atoms with Gasteiger partial charge in [-0.1, -0.05) is 12.1 Å². The predicted octanol–water partition coefficient (Wildman–Crippen LogP) is 1.08. The molecular formula is C15H19N3O2. The molecule has 0 aliphatic carbocycles. The van der Waals surface area contributed by atoms with Crippen LogP contribution in [0.5, 0.6) is 0 Å². The van der Waals surface area contributed by atoms with Crippen LogP contribution in [-0.2, 0) is 16.0 Å². The fourth-order valence-electron chi connectivity index (χ4n) is 1.68. The molecule has 0 heterocycles. The van der Waals surface area contributed by atoms with Gasteiger partial charge in [0.1, 0.15) is 0 Å². The molecule has 1 N–H and O–H groups in total. The quantitative estimate of drug-likeness (QED) is 0.872. The van der Waals surface area contributed by atoms with Gasteiger partial charge in [-0.25, -0.2) is 0 Å². The summed E-state index contributed by atoms with van der Waals surface area (Å²) in [7, 11) is 1.60. The van der Waals surface area contributed by atoms with Gasteiger partial charge in [-0.3, -0.25) is 9.59 Å². The Balaban J connectivity index is 2.52. The lowest BCUT2D eigenvalue weighted by molar-refractivity contribution is -0.134. The molecule has 0 aromatic heterocycles. The van der Waals surface area contributed by atoms with Crippen LogP contribution < -0.4 is 5.32 Å². The van der Waals surface area contributed by atoms with E-state index in [1.807, 2.05) is 19.9 Å². The molecule has 106 valence electrons. The zero-order valence-corrected chi connectivity index (χ0v) is 12.0. The van der Waals surface area contributed by atoms with E-state index in [1.165, 1.54) is 4.90 Å². The molecule has 1 rings (SSSR count). The first-order chi connectivity index (χ1) is 9.42. The summed E-state index contributed by atoms with van der Waals surface area (Å²) in [6.07, 6.45) is 0.219. The summed E-state index contributed by atoms with van der Waals surface area (Å²) < 4.78 is 0. The van der Waals surface area contributed by atoms with Crippen LogP contribution in [0.2, 0.25) is 0 Å². The number of hydrogen-bond acceptors (Lipinski definition) is 3. The standard InChI is InChI=1S/C15H19N3O2/c1-11(2)17-14(19)10-18(3)15(20)8-12-4-6-13(9-16)7-5-12/h4-7,11H,8,10H2,1-3H3,(H,17,19). The minimum absolute atomic E-state index is 0.0489. The normalized spacial score (nSPS) is 9.95. The van der Waals surface area contributed by atoms with E-state index in [9.17, 15) is 9.59 Å². The van der Waals surface area contributed by atoms with E-state index in [1.54, 1.807) is 31.3 Å². The largest absolute Gasteiger partial charge is 0.352 e. The Hall–Kier alpha value is -2.35. The SMILES string of the molecule is CC(C)NC(=O)CN(C)C(=O)Cc1ccc(C#N)cc1. The molecule has 0 fully saturated rings. The van der Waals surface area contributed by atoms with Crippen LogP contribution in [0.15, 0.2) is 24.3 Å². The van der Waals surface area contributed by atoms with Gasteiger partial charge in [0.25, 0.3) is 0 Å². The number of nitriles is 1. The molecule has 0 bridgehead atoms. The number of amides is 2. The maximum Gasteiger partial charge on any atom is 0.239 e. The topological polar surface area (TPSA) is 73.2 Å². The van der Waals surface area contributed by atoms with E-state index < -0.39 is 0 Å². The lowest BCUT2D eigenvalue weighted by Gasteiger charge is -2.18.